The third-order valence-corrected chi connectivity index (χ3v) is 1.12. The van der Waals surface area contributed by atoms with Gasteiger partial charge in [-0.2, -0.15) is 0 Å². The molecule has 0 aromatic heterocycles. The standard InChI is InChI=1S/C7H15N/c1-4-5-6-7(2)8-3/h5-8H,4H2,1-3H3/b6-5-/t7-/m1/s1. The first-order valence-corrected chi connectivity index (χ1v) is 3.15. The van der Waals surface area contributed by atoms with E-state index in [0.29, 0.717) is 6.04 Å². The van der Waals surface area contributed by atoms with Crippen LogP contribution in [0.3, 0.4) is 0 Å². The lowest BCUT2D eigenvalue weighted by molar-refractivity contribution is 0.726. The first kappa shape index (κ1) is 7.70. The van der Waals surface area contributed by atoms with Crippen LogP contribution in [0.4, 0.5) is 0 Å². The van der Waals surface area contributed by atoms with Gasteiger partial charge in [0.1, 0.15) is 0 Å². The predicted molar refractivity (Wildman–Crippen MR) is 38.0 cm³/mol. The fourth-order valence-electron chi connectivity index (χ4n) is 0.436. The lowest BCUT2D eigenvalue weighted by atomic mass is 10.3. The molecule has 0 aromatic rings. The van der Waals surface area contributed by atoms with E-state index in [0.717, 1.165) is 6.42 Å². The van der Waals surface area contributed by atoms with Crippen LogP contribution in [0, 0.1) is 0 Å². The molecule has 1 heteroatoms. The van der Waals surface area contributed by atoms with Gasteiger partial charge in [-0.3, -0.25) is 0 Å². The minimum absolute atomic E-state index is 0.523. The Labute approximate surface area is 51.8 Å². The van der Waals surface area contributed by atoms with Crippen LogP contribution < -0.4 is 5.32 Å². The minimum atomic E-state index is 0.523. The average Bonchev–Trinajstić information content (AvgIpc) is 1.83. The third kappa shape index (κ3) is 3.88. The van der Waals surface area contributed by atoms with Gasteiger partial charge in [0, 0.05) is 6.04 Å². The second-order valence-corrected chi connectivity index (χ2v) is 1.91. The fraction of sp³-hybridized carbons (Fsp3) is 0.714. The predicted octanol–water partition coefficient (Wildman–Crippen LogP) is 1.56. The van der Waals surface area contributed by atoms with Gasteiger partial charge in [-0.25, -0.2) is 0 Å². The molecule has 0 saturated heterocycles. The number of hydrogen-bond donors (Lipinski definition) is 1. The van der Waals surface area contributed by atoms with Crippen molar-refractivity contribution < 1.29 is 0 Å². The van der Waals surface area contributed by atoms with Crippen LogP contribution in [0.1, 0.15) is 20.3 Å². The number of nitrogens with one attached hydrogen (secondary N) is 1. The molecule has 0 saturated carbocycles. The summed E-state index contributed by atoms with van der Waals surface area (Å²) in [6, 6.07) is 0.523. The first-order valence-electron chi connectivity index (χ1n) is 3.15. The van der Waals surface area contributed by atoms with Crippen LogP contribution in [0.15, 0.2) is 12.2 Å². The summed E-state index contributed by atoms with van der Waals surface area (Å²) >= 11 is 0. The van der Waals surface area contributed by atoms with Crippen molar-refractivity contribution in [2.75, 3.05) is 7.05 Å². The molecule has 48 valence electrons. The summed E-state index contributed by atoms with van der Waals surface area (Å²) in [4.78, 5) is 0. The van der Waals surface area contributed by atoms with Crippen LogP contribution >= 0.6 is 0 Å². The van der Waals surface area contributed by atoms with Crippen LogP contribution in [0.25, 0.3) is 0 Å². The summed E-state index contributed by atoms with van der Waals surface area (Å²) in [6.07, 6.45) is 5.47. The lowest BCUT2D eigenvalue weighted by Gasteiger charge is -2.00. The summed E-state index contributed by atoms with van der Waals surface area (Å²) in [5.41, 5.74) is 0. The maximum atomic E-state index is 3.11. The second-order valence-electron chi connectivity index (χ2n) is 1.91. The number of allylic oxidation sites excluding steroid dienone is 1. The van der Waals surface area contributed by atoms with Crippen molar-refractivity contribution in [3.63, 3.8) is 0 Å². The van der Waals surface area contributed by atoms with Crippen LogP contribution in [0.2, 0.25) is 0 Å². The molecule has 0 bridgehead atoms. The molecule has 1 nitrogen and oxygen atoms in total. The Balaban J connectivity index is 3.21. The van der Waals surface area contributed by atoms with Crippen molar-refractivity contribution in [1.82, 2.24) is 5.32 Å². The number of rotatable bonds is 3. The molecule has 0 rings (SSSR count). The molecule has 0 aromatic carbocycles. The van der Waals surface area contributed by atoms with Crippen molar-refractivity contribution >= 4 is 0 Å². The zero-order chi connectivity index (χ0) is 6.41. The Morgan fingerprint density at radius 2 is 2.25 bits per heavy atom. The molecular weight excluding hydrogens is 98.1 g/mol. The Kier molecular flexibility index (Phi) is 4.67. The lowest BCUT2D eigenvalue weighted by Crippen LogP contribution is -2.17. The molecule has 0 radical (unpaired) electrons. The van der Waals surface area contributed by atoms with E-state index in [-0.39, 0.29) is 0 Å². The highest BCUT2D eigenvalue weighted by atomic mass is 14.8. The summed E-state index contributed by atoms with van der Waals surface area (Å²) in [5.74, 6) is 0. The van der Waals surface area contributed by atoms with E-state index in [9.17, 15) is 0 Å². The van der Waals surface area contributed by atoms with E-state index in [2.05, 4.69) is 31.3 Å². The van der Waals surface area contributed by atoms with Crippen molar-refractivity contribution in [3.8, 4) is 0 Å². The second kappa shape index (κ2) is 4.85. The summed E-state index contributed by atoms with van der Waals surface area (Å²) < 4.78 is 0. The van der Waals surface area contributed by atoms with E-state index >= 15 is 0 Å². The van der Waals surface area contributed by atoms with E-state index in [1.54, 1.807) is 0 Å². The molecule has 0 spiro atoms. The molecule has 0 amide bonds. The topological polar surface area (TPSA) is 12.0 Å². The van der Waals surface area contributed by atoms with Gasteiger partial charge in [0.25, 0.3) is 0 Å². The summed E-state index contributed by atoms with van der Waals surface area (Å²) in [6.45, 7) is 4.27. The third-order valence-electron chi connectivity index (χ3n) is 1.12. The molecule has 0 aliphatic heterocycles. The first-order chi connectivity index (χ1) is 3.81. The van der Waals surface area contributed by atoms with Gasteiger partial charge < -0.3 is 5.32 Å². The molecule has 1 atom stereocenters. The normalized spacial score (nSPS) is 14.9. The van der Waals surface area contributed by atoms with E-state index < -0.39 is 0 Å². The maximum Gasteiger partial charge on any atom is 0.0218 e. The molecule has 0 fully saturated rings. The van der Waals surface area contributed by atoms with Crippen molar-refractivity contribution in [2.45, 2.75) is 26.3 Å². The Hall–Kier alpha value is -0.300. The molecule has 0 aliphatic carbocycles. The molecule has 8 heavy (non-hydrogen) atoms. The van der Waals surface area contributed by atoms with Crippen LogP contribution in [-0.4, -0.2) is 13.1 Å². The van der Waals surface area contributed by atoms with E-state index in [1.807, 2.05) is 7.05 Å². The van der Waals surface area contributed by atoms with Gasteiger partial charge >= 0.3 is 0 Å². The summed E-state index contributed by atoms with van der Waals surface area (Å²) in [7, 11) is 1.96. The largest absolute Gasteiger partial charge is 0.314 e. The van der Waals surface area contributed by atoms with E-state index in [1.165, 1.54) is 0 Å². The Bertz CT molecular complexity index is 66.8. The van der Waals surface area contributed by atoms with Gasteiger partial charge in [0.15, 0.2) is 0 Å². The molecule has 0 unspecified atom stereocenters. The van der Waals surface area contributed by atoms with Gasteiger partial charge in [0.05, 0.1) is 0 Å². The Morgan fingerprint density at radius 3 is 2.62 bits per heavy atom. The maximum absolute atomic E-state index is 3.11. The molecule has 0 aliphatic rings. The Morgan fingerprint density at radius 1 is 1.62 bits per heavy atom. The summed E-state index contributed by atoms with van der Waals surface area (Å²) in [5, 5.41) is 3.11. The zero-order valence-electron chi connectivity index (χ0n) is 5.94. The molecule has 0 heterocycles. The number of likely N-dealkylation sites (N-methyl/N-ethyl adjacent to an activating group) is 1. The highest BCUT2D eigenvalue weighted by Crippen LogP contribution is 1.84. The quantitative estimate of drug-likeness (QED) is 0.548. The van der Waals surface area contributed by atoms with Gasteiger partial charge in [-0.1, -0.05) is 19.1 Å². The minimum Gasteiger partial charge on any atom is -0.314 e. The van der Waals surface area contributed by atoms with Gasteiger partial charge in [-0.15, -0.1) is 0 Å². The smallest absolute Gasteiger partial charge is 0.0218 e. The molecular formula is C7H15N. The highest BCUT2D eigenvalue weighted by molar-refractivity contribution is 4.88. The highest BCUT2D eigenvalue weighted by Gasteiger charge is 1.84. The van der Waals surface area contributed by atoms with Crippen LogP contribution in [-0.2, 0) is 0 Å². The number of hydrogen-bond acceptors (Lipinski definition) is 1. The van der Waals surface area contributed by atoms with Crippen molar-refractivity contribution in [3.05, 3.63) is 12.2 Å². The van der Waals surface area contributed by atoms with Crippen LogP contribution in [0.5, 0.6) is 0 Å². The van der Waals surface area contributed by atoms with Gasteiger partial charge in [0.2, 0.25) is 0 Å². The van der Waals surface area contributed by atoms with Crippen molar-refractivity contribution in [2.24, 2.45) is 0 Å². The van der Waals surface area contributed by atoms with Crippen molar-refractivity contribution in [1.29, 1.82) is 0 Å². The monoisotopic (exact) mass is 113 g/mol. The average molecular weight is 113 g/mol. The zero-order valence-corrected chi connectivity index (χ0v) is 5.94. The SMILES string of the molecule is CC/C=C\[C@@H](C)NC. The van der Waals surface area contributed by atoms with Gasteiger partial charge in [-0.05, 0) is 20.4 Å². The molecule has 1 N–H and O–H groups in total. The fourth-order valence-corrected chi connectivity index (χ4v) is 0.436. The van der Waals surface area contributed by atoms with E-state index in [4.69, 9.17) is 0 Å².